The van der Waals surface area contributed by atoms with Crippen molar-refractivity contribution in [3.05, 3.63) is 30.3 Å². The van der Waals surface area contributed by atoms with Gasteiger partial charge in [0.15, 0.2) is 6.10 Å². The summed E-state index contributed by atoms with van der Waals surface area (Å²) in [5, 5.41) is 37.3. The summed E-state index contributed by atoms with van der Waals surface area (Å²) in [5.41, 5.74) is 0.472. The monoisotopic (exact) mass is 353 g/mol. The lowest BCUT2D eigenvalue weighted by molar-refractivity contribution is -0.126. The van der Waals surface area contributed by atoms with Crippen molar-refractivity contribution < 1.29 is 34.5 Å². The van der Waals surface area contributed by atoms with Crippen LogP contribution in [0.5, 0.6) is 0 Å². The molecular weight excluding hydrogens is 334 g/mol. The number of amides is 2. The maximum Gasteiger partial charge on any atom is 0.437 e. The molecule has 1 heterocycles. The van der Waals surface area contributed by atoms with Crippen LogP contribution in [0.2, 0.25) is 0 Å². The van der Waals surface area contributed by atoms with E-state index in [1.54, 1.807) is 30.3 Å². The highest BCUT2D eigenvalue weighted by molar-refractivity contribution is 5.89. The summed E-state index contributed by atoms with van der Waals surface area (Å²) >= 11 is 0. The quantitative estimate of drug-likeness (QED) is 0.350. The minimum absolute atomic E-state index is 0.352. The van der Waals surface area contributed by atoms with Crippen molar-refractivity contribution in [3.8, 4) is 0 Å². The fraction of sp³-hybridized carbons (Fsp3) is 0.400. The Labute approximate surface area is 143 Å². The van der Waals surface area contributed by atoms with Gasteiger partial charge in [0.1, 0.15) is 18.2 Å². The smallest absolute Gasteiger partial charge is 0.437 e. The Morgan fingerprint density at radius 2 is 1.92 bits per heavy atom. The molecule has 1 aliphatic heterocycles. The summed E-state index contributed by atoms with van der Waals surface area (Å²) in [6, 6.07) is 7.22. The predicted octanol–water partition coefficient (Wildman–Crippen LogP) is -0.834. The van der Waals surface area contributed by atoms with Gasteiger partial charge in [-0.25, -0.2) is 4.79 Å². The number of rotatable bonds is 4. The Morgan fingerprint density at radius 1 is 1.24 bits per heavy atom. The van der Waals surface area contributed by atoms with E-state index in [0.29, 0.717) is 5.69 Å². The van der Waals surface area contributed by atoms with Gasteiger partial charge in [0.05, 0.1) is 6.61 Å². The van der Waals surface area contributed by atoms with Crippen LogP contribution in [0.1, 0.15) is 6.92 Å². The van der Waals surface area contributed by atoms with Crippen molar-refractivity contribution in [1.82, 2.24) is 5.32 Å². The third-order valence-electron chi connectivity index (χ3n) is 3.39. The number of ether oxygens (including phenoxy) is 1. The van der Waals surface area contributed by atoms with E-state index >= 15 is 0 Å². The van der Waals surface area contributed by atoms with Gasteiger partial charge in [-0.3, -0.25) is 14.9 Å². The molecule has 1 aromatic carbocycles. The Bertz CT molecular complexity index is 637. The lowest BCUT2D eigenvalue weighted by Crippen LogP contribution is -2.62. The number of benzene rings is 1. The average Bonchev–Trinajstić information content (AvgIpc) is 2.59. The largest absolute Gasteiger partial charge is 0.468 e. The van der Waals surface area contributed by atoms with Crippen LogP contribution < -0.4 is 10.6 Å². The van der Waals surface area contributed by atoms with E-state index < -0.39 is 43.0 Å². The zero-order valence-corrected chi connectivity index (χ0v) is 13.3. The highest BCUT2D eigenvalue weighted by Crippen LogP contribution is 2.18. The van der Waals surface area contributed by atoms with Crippen molar-refractivity contribution in [2.24, 2.45) is 5.16 Å². The summed E-state index contributed by atoms with van der Waals surface area (Å²) < 4.78 is 5.20. The average molecular weight is 353 g/mol. The first-order valence-electron chi connectivity index (χ1n) is 7.44. The van der Waals surface area contributed by atoms with E-state index in [4.69, 9.17) is 4.74 Å². The van der Waals surface area contributed by atoms with Crippen molar-refractivity contribution in [2.75, 3.05) is 11.9 Å². The first kappa shape index (κ1) is 18.6. The molecule has 0 unspecified atom stereocenters. The maximum absolute atomic E-state index is 11.7. The van der Waals surface area contributed by atoms with E-state index in [2.05, 4.69) is 20.6 Å². The molecule has 2 rings (SSSR count). The second-order valence-electron chi connectivity index (χ2n) is 5.30. The SMILES string of the molecule is CC(=O)N[C@@H]1/C(=N\OC(=O)Nc2ccccc2)O[C@@H](CO)[C@@H](O)[C@H]1O. The number of carbonyl (C=O) groups excluding carboxylic acids is 2. The lowest BCUT2D eigenvalue weighted by atomic mass is 9.97. The minimum atomic E-state index is -1.51. The molecule has 0 bridgehead atoms. The van der Waals surface area contributed by atoms with Gasteiger partial charge in [-0.05, 0) is 17.3 Å². The summed E-state index contributed by atoms with van der Waals surface area (Å²) in [6.45, 7) is 0.581. The molecule has 4 atom stereocenters. The molecule has 10 heteroatoms. The first-order chi connectivity index (χ1) is 11.9. The number of aliphatic hydroxyl groups excluding tert-OH is 3. The van der Waals surface area contributed by atoms with Crippen LogP contribution in [-0.4, -0.2) is 64.2 Å². The molecule has 1 aromatic rings. The minimum Gasteiger partial charge on any atom is -0.468 e. The molecular formula is C15H19N3O7. The van der Waals surface area contributed by atoms with Crippen LogP contribution in [0.25, 0.3) is 0 Å². The molecule has 1 fully saturated rings. The van der Waals surface area contributed by atoms with E-state index in [1.807, 2.05) is 0 Å². The van der Waals surface area contributed by atoms with Crippen LogP contribution in [0.15, 0.2) is 35.5 Å². The number of nitrogens with one attached hydrogen (secondary N) is 2. The molecule has 1 saturated heterocycles. The molecule has 0 saturated carbocycles. The number of carbonyl (C=O) groups is 2. The molecule has 25 heavy (non-hydrogen) atoms. The highest BCUT2D eigenvalue weighted by atomic mass is 16.7. The lowest BCUT2D eigenvalue weighted by Gasteiger charge is -2.37. The molecule has 0 aromatic heterocycles. The molecule has 2 amide bonds. The van der Waals surface area contributed by atoms with Crippen LogP contribution in [0.3, 0.4) is 0 Å². The summed E-state index contributed by atoms with van der Waals surface area (Å²) in [6.07, 6.45) is -5.07. The molecule has 136 valence electrons. The number of hydrogen-bond donors (Lipinski definition) is 5. The second-order valence-corrected chi connectivity index (χ2v) is 5.30. The van der Waals surface area contributed by atoms with Gasteiger partial charge in [-0.1, -0.05) is 18.2 Å². The second kappa shape index (κ2) is 8.42. The van der Waals surface area contributed by atoms with Gasteiger partial charge in [-0.2, -0.15) is 0 Å². The van der Waals surface area contributed by atoms with E-state index in [0.717, 1.165) is 0 Å². The Kier molecular flexibility index (Phi) is 6.28. The summed E-state index contributed by atoms with van der Waals surface area (Å²) in [5.74, 6) is -0.876. The third-order valence-corrected chi connectivity index (χ3v) is 3.39. The molecule has 0 aliphatic carbocycles. The van der Waals surface area contributed by atoms with Crippen molar-refractivity contribution in [2.45, 2.75) is 31.3 Å². The van der Waals surface area contributed by atoms with Crippen LogP contribution in [-0.2, 0) is 14.4 Å². The Hall–Kier alpha value is -2.69. The first-order valence-corrected chi connectivity index (χ1v) is 7.44. The fourth-order valence-corrected chi connectivity index (χ4v) is 2.20. The number of nitrogens with zero attached hydrogens (tertiary/aromatic N) is 1. The van der Waals surface area contributed by atoms with Gasteiger partial charge >= 0.3 is 6.09 Å². The van der Waals surface area contributed by atoms with Crippen LogP contribution in [0.4, 0.5) is 10.5 Å². The standard InChI is InChI=1S/C15H19N3O7/c1-8(20)16-11-13(22)12(21)10(7-19)24-14(11)18-25-15(23)17-9-5-3-2-4-6-9/h2-6,10-13,19,21-22H,7H2,1H3,(H,16,20)(H,17,23)/b18-14+/t10-,11-,12+,13-/m0/s1. The van der Waals surface area contributed by atoms with Crippen molar-refractivity contribution in [3.63, 3.8) is 0 Å². The number of anilines is 1. The zero-order valence-electron chi connectivity index (χ0n) is 13.3. The van der Waals surface area contributed by atoms with Crippen molar-refractivity contribution >= 4 is 23.6 Å². The summed E-state index contributed by atoms with van der Waals surface area (Å²) in [7, 11) is 0. The molecule has 1 aliphatic rings. The number of hydrogen-bond acceptors (Lipinski definition) is 8. The molecule has 10 nitrogen and oxygen atoms in total. The van der Waals surface area contributed by atoms with Gasteiger partial charge in [0.2, 0.25) is 5.91 Å². The topological polar surface area (TPSA) is 150 Å². The summed E-state index contributed by atoms with van der Waals surface area (Å²) in [4.78, 5) is 27.7. The highest BCUT2D eigenvalue weighted by Gasteiger charge is 2.44. The molecule has 0 radical (unpaired) electrons. The fourth-order valence-electron chi connectivity index (χ4n) is 2.20. The van der Waals surface area contributed by atoms with E-state index in [-0.39, 0.29) is 5.90 Å². The number of aliphatic hydroxyl groups is 3. The Balaban J connectivity index is 2.09. The van der Waals surface area contributed by atoms with E-state index in [1.165, 1.54) is 6.92 Å². The van der Waals surface area contributed by atoms with Crippen LogP contribution in [0, 0.1) is 0 Å². The van der Waals surface area contributed by atoms with Gasteiger partial charge in [0.25, 0.3) is 5.90 Å². The molecule has 5 N–H and O–H groups in total. The van der Waals surface area contributed by atoms with E-state index in [9.17, 15) is 24.9 Å². The van der Waals surface area contributed by atoms with Crippen LogP contribution >= 0.6 is 0 Å². The van der Waals surface area contributed by atoms with Gasteiger partial charge in [-0.15, -0.1) is 0 Å². The number of para-hydroxylation sites is 1. The third kappa shape index (κ3) is 4.89. The number of oxime groups is 1. The zero-order chi connectivity index (χ0) is 18.4. The van der Waals surface area contributed by atoms with Gasteiger partial charge < -0.3 is 25.4 Å². The molecule has 0 spiro atoms. The van der Waals surface area contributed by atoms with Gasteiger partial charge in [0, 0.05) is 12.6 Å². The Morgan fingerprint density at radius 3 is 2.52 bits per heavy atom. The van der Waals surface area contributed by atoms with Crippen molar-refractivity contribution in [1.29, 1.82) is 0 Å². The maximum atomic E-state index is 11.7. The predicted molar refractivity (Wildman–Crippen MR) is 85.6 cm³/mol. The normalized spacial score (nSPS) is 27.3.